The van der Waals surface area contributed by atoms with Gasteiger partial charge in [-0.05, 0) is 30.0 Å². The van der Waals surface area contributed by atoms with Gasteiger partial charge in [0.2, 0.25) is 0 Å². The molecule has 0 saturated carbocycles. The Labute approximate surface area is 79.8 Å². The number of aromatic carboxylic acids is 1. The Morgan fingerprint density at radius 2 is 2.31 bits per heavy atom. The Morgan fingerprint density at radius 1 is 1.62 bits per heavy atom. The minimum atomic E-state index is -1.03. The first-order chi connectivity index (χ1) is 6.15. The number of halogens is 1. The van der Waals surface area contributed by atoms with Crippen molar-refractivity contribution in [3.05, 3.63) is 35.1 Å². The third-order valence-electron chi connectivity index (χ3n) is 1.59. The Bertz CT molecular complexity index is 325. The summed E-state index contributed by atoms with van der Waals surface area (Å²) in [5.41, 5.74) is 0.567. The van der Waals surface area contributed by atoms with Gasteiger partial charge in [0.05, 0.1) is 5.56 Å². The monoisotopic (exact) mass is 200 g/mol. The molecule has 13 heavy (non-hydrogen) atoms. The number of benzene rings is 1. The maximum absolute atomic E-state index is 13.0. The van der Waals surface area contributed by atoms with Gasteiger partial charge in [0, 0.05) is 5.75 Å². The predicted molar refractivity (Wildman–Crippen MR) is 50.6 cm³/mol. The lowest BCUT2D eigenvalue weighted by Crippen LogP contribution is -1.98. The molecular weight excluding hydrogens is 191 g/mol. The summed E-state index contributed by atoms with van der Waals surface area (Å²) in [5, 5.41) is 8.64. The summed E-state index contributed by atoms with van der Waals surface area (Å²) in [6.45, 7) is 0. The van der Waals surface area contributed by atoms with Gasteiger partial charge in [0.1, 0.15) is 5.82 Å². The molecular formula is C9H9FO2S. The van der Waals surface area contributed by atoms with Crippen molar-refractivity contribution < 1.29 is 14.3 Å². The molecule has 0 amide bonds. The van der Waals surface area contributed by atoms with Gasteiger partial charge in [-0.3, -0.25) is 0 Å². The molecule has 1 aromatic rings. The van der Waals surface area contributed by atoms with E-state index in [0.29, 0.717) is 11.3 Å². The topological polar surface area (TPSA) is 37.3 Å². The molecule has 0 bridgehead atoms. The van der Waals surface area contributed by atoms with Crippen LogP contribution in [0.3, 0.4) is 0 Å². The van der Waals surface area contributed by atoms with Gasteiger partial charge >= 0.3 is 5.97 Å². The summed E-state index contributed by atoms with van der Waals surface area (Å²) in [6.07, 6.45) is 1.84. The molecule has 0 unspecified atom stereocenters. The molecule has 0 radical (unpaired) electrons. The maximum Gasteiger partial charge on any atom is 0.335 e. The van der Waals surface area contributed by atoms with Crippen LogP contribution in [0.1, 0.15) is 15.9 Å². The smallest absolute Gasteiger partial charge is 0.335 e. The SMILES string of the molecule is CSCc1cc(C(=O)O)ccc1F. The highest BCUT2D eigenvalue weighted by Gasteiger charge is 2.07. The number of thioether (sulfide) groups is 1. The average Bonchev–Trinajstić information content (AvgIpc) is 2.08. The van der Waals surface area contributed by atoms with E-state index in [9.17, 15) is 9.18 Å². The number of carboxylic acids is 1. The molecule has 0 aliphatic heterocycles. The molecule has 2 nitrogen and oxygen atoms in total. The van der Waals surface area contributed by atoms with Gasteiger partial charge in [-0.25, -0.2) is 9.18 Å². The van der Waals surface area contributed by atoms with Crippen molar-refractivity contribution in [1.29, 1.82) is 0 Å². The standard InChI is InChI=1S/C9H9FO2S/c1-13-5-7-4-6(9(11)12)2-3-8(7)10/h2-4H,5H2,1H3,(H,11,12). The average molecular weight is 200 g/mol. The zero-order valence-corrected chi connectivity index (χ0v) is 7.90. The zero-order chi connectivity index (χ0) is 9.84. The molecule has 1 aromatic carbocycles. The first-order valence-corrected chi connectivity index (χ1v) is 5.05. The molecule has 0 aliphatic carbocycles. The Balaban J connectivity index is 3.03. The molecule has 1 rings (SSSR count). The van der Waals surface area contributed by atoms with E-state index in [1.807, 2.05) is 6.26 Å². The summed E-state index contributed by atoms with van der Waals surface area (Å²) in [6, 6.07) is 3.82. The Morgan fingerprint density at radius 3 is 2.85 bits per heavy atom. The highest BCUT2D eigenvalue weighted by molar-refractivity contribution is 7.97. The second-order valence-electron chi connectivity index (χ2n) is 2.54. The molecule has 0 atom stereocenters. The molecule has 0 fully saturated rings. The number of rotatable bonds is 3. The minimum Gasteiger partial charge on any atom is -0.478 e. The first-order valence-electron chi connectivity index (χ1n) is 3.66. The van der Waals surface area contributed by atoms with Gasteiger partial charge in [-0.15, -0.1) is 0 Å². The van der Waals surface area contributed by atoms with Gasteiger partial charge in [-0.1, -0.05) is 0 Å². The number of hydrogen-bond acceptors (Lipinski definition) is 2. The fourth-order valence-corrected chi connectivity index (χ4v) is 1.51. The van der Waals surface area contributed by atoms with Crippen LogP contribution in [0.25, 0.3) is 0 Å². The molecule has 70 valence electrons. The Hall–Kier alpha value is -1.03. The molecule has 0 aromatic heterocycles. The Kier molecular flexibility index (Phi) is 3.31. The fourth-order valence-electron chi connectivity index (χ4n) is 0.974. The van der Waals surface area contributed by atoms with Gasteiger partial charge in [0.25, 0.3) is 0 Å². The van der Waals surface area contributed by atoms with E-state index in [-0.39, 0.29) is 11.4 Å². The largest absolute Gasteiger partial charge is 0.478 e. The lowest BCUT2D eigenvalue weighted by molar-refractivity contribution is 0.0696. The van der Waals surface area contributed by atoms with Crippen LogP contribution in [-0.2, 0) is 5.75 Å². The normalized spacial score (nSPS) is 10.0. The van der Waals surface area contributed by atoms with Crippen LogP contribution in [0.5, 0.6) is 0 Å². The summed E-state index contributed by atoms with van der Waals surface area (Å²) >= 11 is 1.46. The van der Waals surface area contributed by atoms with Crippen LogP contribution in [0.4, 0.5) is 4.39 Å². The van der Waals surface area contributed by atoms with E-state index in [4.69, 9.17) is 5.11 Å². The summed E-state index contributed by atoms with van der Waals surface area (Å²) in [4.78, 5) is 10.5. The van der Waals surface area contributed by atoms with E-state index in [1.165, 1.54) is 30.0 Å². The lowest BCUT2D eigenvalue weighted by Gasteiger charge is -2.01. The fraction of sp³-hybridized carbons (Fsp3) is 0.222. The van der Waals surface area contributed by atoms with E-state index in [0.717, 1.165) is 0 Å². The molecule has 1 N–H and O–H groups in total. The lowest BCUT2D eigenvalue weighted by atomic mass is 10.1. The van der Waals surface area contributed by atoms with Crippen molar-refractivity contribution in [3.63, 3.8) is 0 Å². The maximum atomic E-state index is 13.0. The van der Waals surface area contributed by atoms with E-state index < -0.39 is 5.97 Å². The van der Waals surface area contributed by atoms with Crippen LogP contribution < -0.4 is 0 Å². The molecule has 0 aliphatic rings. The quantitative estimate of drug-likeness (QED) is 0.814. The molecule has 4 heteroatoms. The van der Waals surface area contributed by atoms with Crippen molar-refractivity contribution >= 4 is 17.7 Å². The predicted octanol–water partition coefficient (Wildman–Crippen LogP) is 2.39. The van der Waals surface area contributed by atoms with Gasteiger partial charge in [0.15, 0.2) is 0 Å². The third-order valence-corrected chi connectivity index (χ3v) is 2.19. The third kappa shape index (κ3) is 2.45. The highest BCUT2D eigenvalue weighted by atomic mass is 32.2. The molecule has 0 heterocycles. The van der Waals surface area contributed by atoms with Crippen molar-refractivity contribution in [2.24, 2.45) is 0 Å². The molecule has 0 spiro atoms. The van der Waals surface area contributed by atoms with Crippen molar-refractivity contribution in [2.45, 2.75) is 5.75 Å². The van der Waals surface area contributed by atoms with Crippen molar-refractivity contribution in [2.75, 3.05) is 6.26 Å². The minimum absolute atomic E-state index is 0.130. The van der Waals surface area contributed by atoms with Crippen molar-refractivity contribution in [3.8, 4) is 0 Å². The zero-order valence-electron chi connectivity index (χ0n) is 7.08. The van der Waals surface area contributed by atoms with Gasteiger partial charge in [-0.2, -0.15) is 11.8 Å². The second-order valence-corrected chi connectivity index (χ2v) is 3.41. The number of carboxylic acid groups (broad SMARTS) is 1. The first kappa shape index (κ1) is 10.1. The van der Waals surface area contributed by atoms with Crippen LogP contribution >= 0.6 is 11.8 Å². The van der Waals surface area contributed by atoms with Crippen molar-refractivity contribution in [1.82, 2.24) is 0 Å². The van der Waals surface area contributed by atoms with Gasteiger partial charge < -0.3 is 5.11 Å². The van der Waals surface area contributed by atoms with Crippen LogP contribution in [0, 0.1) is 5.82 Å². The number of carbonyl (C=O) groups is 1. The van der Waals surface area contributed by atoms with Crippen LogP contribution in [0.2, 0.25) is 0 Å². The molecule has 0 saturated heterocycles. The van der Waals surface area contributed by atoms with Crippen LogP contribution in [-0.4, -0.2) is 17.3 Å². The summed E-state index contributed by atoms with van der Waals surface area (Å²) in [7, 11) is 0. The summed E-state index contributed by atoms with van der Waals surface area (Å²) in [5.74, 6) is -0.880. The van der Waals surface area contributed by atoms with Crippen LogP contribution in [0.15, 0.2) is 18.2 Å². The summed E-state index contributed by atoms with van der Waals surface area (Å²) < 4.78 is 13.0. The number of hydrogen-bond donors (Lipinski definition) is 1. The second kappa shape index (κ2) is 4.28. The van der Waals surface area contributed by atoms with E-state index in [2.05, 4.69) is 0 Å². The highest BCUT2D eigenvalue weighted by Crippen LogP contribution is 2.15. The van der Waals surface area contributed by atoms with E-state index >= 15 is 0 Å². The van der Waals surface area contributed by atoms with E-state index in [1.54, 1.807) is 0 Å².